The van der Waals surface area contributed by atoms with Crippen LogP contribution in [0.5, 0.6) is 11.9 Å². The lowest BCUT2D eigenvalue weighted by molar-refractivity contribution is -0.137. The number of thiophene rings is 1. The molecule has 0 amide bonds. The maximum atomic E-state index is 17.1. The number of piperazine rings is 1. The Hall–Kier alpha value is -4.33. The number of nitrogens with one attached hydrogen (secondary N) is 1. The van der Waals surface area contributed by atoms with Gasteiger partial charge in [0.1, 0.15) is 40.1 Å². The van der Waals surface area contributed by atoms with E-state index in [1.807, 2.05) is 24.8 Å². The number of piperidine rings is 1. The van der Waals surface area contributed by atoms with Crippen LogP contribution < -0.4 is 25.4 Å². The lowest BCUT2D eigenvalue weighted by Crippen LogP contribution is -2.51. The number of rotatable bonds is 7. The van der Waals surface area contributed by atoms with Crippen LogP contribution in [0.25, 0.3) is 32.2 Å². The molecule has 3 saturated heterocycles. The molecule has 3 N–H and O–H groups in total. The molecule has 3 aliphatic heterocycles. The minimum Gasteiger partial charge on any atom is -0.480 e. The van der Waals surface area contributed by atoms with E-state index in [0.29, 0.717) is 44.5 Å². The Labute approximate surface area is 288 Å². The van der Waals surface area contributed by atoms with Gasteiger partial charge in [-0.3, -0.25) is 0 Å². The van der Waals surface area contributed by atoms with Crippen molar-refractivity contribution in [3.63, 3.8) is 0 Å². The summed E-state index contributed by atoms with van der Waals surface area (Å²) in [6.07, 6.45) is -1.97. The highest BCUT2D eigenvalue weighted by Gasteiger charge is 2.40. The minimum absolute atomic E-state index is 0.00980. The maximum Gasteiger partial charge on any atom is 0.417 e. The molecule has 10 nitrogen and oxygen atoms in total. The van der Waals surface area contributed by atoms with Gasteiger partial charge in [0, 0.05) is 59.3 Å². The molecule has 0 saturated carbocycles. The topological polar surface area (TPSA) is 125 Å². The maximum absolute atomic E-state index is 17.1. The normalized spacial score (nSPS) is 23.6. The van der Waals surface area contributed by atoms with Crippen LogP contribution in [-0.2, 0) is 6.18 Å². The number of ether oxygens (including phenoxy) is 2. The number of hydrogen-bond donors (Lipinski definition) is 2. The lowest BCUT2D eigenvalue weighted by atomic mass is 9.78. The van der Waals surface area contributed by atoms with Crippen LogP contribution in [0.2, 0.25) is 0 Å². The first kappa shape index (κ1) is 34.1. The molecule has 3 fully saturated rings. The zero-order valence-electron chi connectivity index (χ0n) is 27.6. The van der Waals surface area contributed by atoms with E-state index >= 15 is 4.39 Å². The fourth-order valence-electron chi connectivity index (χ4n) is 7.56. The van der Waals surface area contributed by atoms with Crippen molar-refractivity contribution >= 4 is 43.1 Å². The van der Waals surface area contributed by atoms with Crippen molar-refractivity contribution in [1.82, 2.24) is 25.2 Å². The van der Waals surface area contributed by atoms with Crippen molar-refractivity contribution < 1.29 is 31.4 Å². The predicted octanol–water partition coefficient (Wildman–Crippen LogP) is 6.43. The number of alkyl halides is 3. The number of nitriles is 1. The Morgan fingerprint density at radius 2 is 1.92 bits per heavy atom. The molecular formula is C34H35F5N8O2S. The highest BCUT2D eigenvalue weighted by atomic mass is 32.1. The van der Waals surface area contributed by atoms with E-state index in [1.165, 1.54) is 13.2 Å². The molecule has 2 bridgehead atoms. The largest absolute Gasteiger partial charge is 0.480 e. The smallest absolute Gasteiger partial charge is 0.417 e. The summed E-state index contributed by atoms with van der Waals surface area (Å²) in [5.74, 6) is -1.12. The number of anilines is 2. The minimum atomic E-state index is -4.95. The van der Waals surface area contributed by atoms with Crippen LogP contribution in [0, 0.1) is 22.6 Å². The summed E-state index contributed by atoms with van der Waals surface area (Å²) in [6.45, 7) is 6.85. The number of hydrogen-bond acceptors (Lipinski definition) is 11. The summed E-state index contributed by atoms with van der Waals surface area (Å²) < 4.78 is 87.2. The van der Waals surface area contributed by atoms with E-state index in [-0.39, 0.29) is 68.0 Å². The standard InChI is InChI=1S/C34H35F5N8O2S/c1-4-46-10-9-17(11-35)33(2,15-46)16-49-32-44-28-25(30(45-32)47-13-18-5-6-19(14-47)42-18)31(48-3)43-27(26(28)36)24-21(34(37,38)39)7-8-22-23(24)20(12-40)29(41)50-22/h7-8,11,18-19,42H,4-6,9-10,13-16,41H2,1-3H3/b17-11+/t18-,19+,33-/m0/s1. The van der Waals surface area contributed by atoms with Crippen LogP contribution in [-0.4, -0.2) is 78.4 Å². The molecule has 16 heteroatoms. The van der Waals surface area contributed by atoms with E-state index in [9.17, 15) is 22.8 Å². The molecule has 3 aliphatic rings. The number of pyridine rings is 1. The number of halogens is 5. The monoisotopic (exact) mass is 714 g/mol. The van der Waals surface area contributed by atoms with Gasteiger partial charge in [0.25, 0.3) is 0 Å². The van der Waals surface area contributed by atoms with Crippen LogP contribution in [0.3, 0.4) is 0 Å². The van der Waals surface area contributed by atoms with Gasteiger partial charge in [0.2, 0.25) is 5.88 Å². The number of nitrogens with two attached hydrogens (primary N) is 1. The summed E-state index contributed by atoms with van der Waals surface area (Å²) >= 11 is 0.918. The molecule has 0 spiro atoms. The van der Waals surface area contributed by atoms with E-state index in [1.54, 1.807) is 0 Å². The number of aromatic nitrogens is 3. The van der Waals surface area contributed by atoms with Gasteiger partial charge >= 0.3 is 12.2 Å². The molecule has 50 heavy (non-hydrogen) atoms. The van der Waals surface area contributed by atoms with Crippen LogP contribution in [0.4, 0.5) is 32.8 Å². The molecule has 3 atom stereocenters. The van der Waals surface area contributed by atoms with Gasteiger partial charge in [-0.05, 0) is 43.5 Å². The first-order chi connectivity index (χ1) is 23.9. The second kappa shape index (κ2) is 12.8. The average Bonchev–Trinajstić information content (AvgIpc) is 3.62. The fraction of sp³-hybridized carbons (Fsp3) is 0.471. The summed E-state index contributed by atoms with van der Waals surface area (Å²) in [6, 6.07) is 3.97. The van der Waals surface area contributed by atoms with Gasteiger partial charge in [0.05, 0.1) is 24.6 Å². The van der Waals surface area contributed by atoms with Gasteiger partial charge in [0.15, 0.2) is 5.82 Å². The van der Waals surface area contributed by atoms with Crippen molar-refractivity contribution in [1.29, 1.82) is 5.26 Å². The van der Waals surface area contributed by atoms with E-state index in [2.05, 4.69) is 20.2 Å². The van der Waals surface area contributed by atoms with Crippen LogP contribution in [0.1, 0.15) is 44.2 Å². The highest BCUT2D eigenvalue weighted by Crippen LogP contribution is 2.48. The summed E-state index contributed by atoms with van der Waals surface area (Å²) in [7, 11) is 1.28. The first-order valence-corrected chi connectivity index (χ1v) is 17.1. The van der Waals surface area contributed by atoms with Crippen molar-refractivity contribution in [3.8, 4) is 29.2 Å². The van der Waals surface area contributed by atoms with Gasteiger partial charge in [-0.2, -0.15) is 28.4 Å². The SMILES string of the molecule is CCN1CC/C(=C\F)[C@](C)(COc2nc(N3C[C@H]4CC[C@@H](C3)N4)c3c(OC)nc(-c4c(C(F)(F)F)ccc5sc(N)c(C#N)c45)c(F)c3n2)C1. The van der Waals surface area contributed by atoms with Crippen molar-refractivity contribution in [2.24, 2.45) is 5.41 Å². The Balaban J connectivity index is 1.46. The van der Waals surface area contributed by atoms with E-state index < -0.39 is 34.2 Å². The summed E-state index contributed by atoms with van der Waals surface area (Å²) in [5, 5.41) is 13.3. The van der Waals surface area contributed by atoms with Crippen molar-refractivity contribution in [3.05, 3.63) is 41.0 Å². The van der Waals surface area contributed by atoms with Crippen LogP contribution in [0.15, 0.2) is 24.0 Å². The van der Waals surface area contributed by atoms with E-state index in [4.69, 9.17) is 20.2 Å². The number of benzene rings is 1. The highest BCUT2D eigenvalue weighted by molar-refractivity contribution is 7.23. The van der Waals surface area contributed by atoms with Crippen LogP contribution >= 0.6 is 11.3 Å². The number of nitrogen functional groups attached to an aromatic ring is 1. The van der Waals surface area contributed by atoms with Gasteiger partial charge < -0.3 is 30.3 Å². The second-order valence-electron chi connectivity index (χ2n) is 13.3. The number of fused-ring (bicyclic) bond motifs is 4. The number of methoxy groups -OCH3 is 1. The molecule has 0 unspecified atom stereocenters. The molecule has 6 heterocycles. The molecule has 4 aromatic rings. The van der Waals surface area contributed by atoms with Gasteiger partial charge in [-0.15, -0.1) is 11.3 Å². The number of likely N-dealkylation sites (tertiary alicyclic amines) is 1. The summed E-state index contributed by atoms with van der Waals surface area (Å²) in [5.41, 5.74) is 2.72. The Morgan fingerprint density at radius 3 is 2.56 bits per heavy atom. The molecule has 264 valence electrons. The average molecular weight is 715 g/mol. The second-order valence-corrected chi connectivity index (χ2v) is 14.4. The van der Waals surface area contributed by atoms with Crippen molar-refractivity contribution in [2.45, 2.75) is 51.4 Å². The lowest BCUT2D eigenvalue weighted by Gasteiger charge is -2.41. The summed E-state index contributed by atoms with van der Waals surface area (Å²) in [4.78, 5) is 17.6. The molecule has 0 radical (unpaired) electrons. The zero-order valence-corrected chi connectivity index (χ0v) is 28.4. The predicted molar refractivity (Wildman–Crippen MR) is 180 cm³/mol. The van der Waals surface area contributed by atoms with Crippen molar-refractivity contribution in [2.75, 3.05) is 57.1 Å². The molecule has 3 aromatic heterocycles. The fourth-order valence-corrected chi connectivity index (χ4v) is 8.48. The third kappa shape index (κ3) is 5.74. The number of nitrogens with zero attached hydrogens (tertiary/aromatic N) is 6. The Morgan fingerprint density at radius 1 is 1.18 bits per heavy atom. The molecule has 1 aromatic carbocycles. The Kier molecular flexibility index (Phi) is 8.72. The molecular weight excluding hydrogens is 679 g/mol. The van der Waals surface area contributed by atoms with E-state index in [0.717, 1.165) is 36.8 Å². The molecule has 7 rings (SSSR count). The van der Waals surface area contributed by atoms with Gasteiger partial charge in [-0.1, -0.05) is 13.8 Å². The third-order valence-corrected chi connectivity index (χ3v) is 11.1. The zero-order chi connectivity index (χ0) is 35.5. The quantitative estimate of drug-likeness (QED) is 0.207. The molecule has 0 aliphatic carbocycles. The first-order valence-electron chi connectivity index (χ1n) is 16.3. The van der Waals surface area contributed by atoms with Gasteiger partial charge in [-0.25, -0.2) is 13.8 Å². The third-order valence-electron chi connectivity index (χ3n) is 10.1. The Bertz CT molecular complexity index is 2050.